The molecule has 2 unspecified atom stereocenters. The second-order valence-electron chi connectivity index (χ2n) is 4.91. The van der Waals surface area contributed by atoms with Crippen molar-refractivity contribution in [3.63, 3.8) is 0 Å². The van der Waals surface area contributed by atoms with Crippen LogP contribution in [-0.2, 0) is 4.74 Å². The first-order valence-corrected chi connectivity index (χ1v) is 6.81. The molecule has 1 aromatic carbocycles. The van der Waals surface area contributed by atoms with Crippen LogP contribution in [0.1, 0.15) is 25.3 Å². The summed E-state index contributed by atoms with van der Waals surface area (Å²) in [4.78, 5) is 1.32. The van der Waals surface area contributed by atoms with Crippen LogP contribution in [0.15, 0.2) is 29.2 Å². The van der Waals surface area contributed by atoms with Gasteiger partial charge in [-0.2, -0.15) is 0 Å². The van der Waals surface area contributed by atoms with Crippen molar-refractivity contribution in [3.8, 4) is 12.3 Å². The largest absolute Gasteiger partial charge is 0.378 e. The lowest BCUT2D eigenvalue weighted by atomic mass is 9.77. The Morgan fingerprint density at radius 3 is 2.76 bits per heavy atom. The Labute approximate surface area is 108 Å². The summed E-state index contributed by atoms with van der Waals surface area (Å²) in [5, 5.41) is 0. The summed E-state index contributed by atoms with van der Waals surface area (Å²) < 4.78 is 5.62. The van der Waals surface area contributed by atoms with Crippen molar-refractivity contribution in [3.05, 3.63) is 29.8 Å². The second kappa shape index (κ2) is 4.76. The fourth-order valence-electron chi connectivity index (χ4n) is 2.32. The van der Waals surface area contributed by atoms with Crippen LogP contribution in [-0.4, -0.2) is 18.5 Å². The molecule has 0 aromatic heterocycles. The zero-order valence-electron chi connectivity index (χ0n) is 10.6. The molecule has 0 fully saturated rings. The lowest BCUT2D eigenvalue weighted by molar-refractivity contribution is -0.0244. The van der Waals surface area contributed by atoms with Gasteiger partial charge in [0.25, 0.3) is 0 Å². The zero-order valence-corrected chi connectivity index (χ0v) is 11.4. The highest BCUT2D eigenvalue weighted by Crippen LogP contribution is 2.45. The summed E-state index contributed by atoms with van der Waals surface area (Å²) >= 11 is 1.88. The van der Waals surface area contributed by atoms with Crippen LogP contribution in [0.4, 0.5) is 0 Å². The zero-order chi connectivity index (χ0) is 12.5. The molecule has 2 rings (SSSR count). The molecule has 0 N–H and O–H groups in total. The van der Waals surface area contributed by atoms with Crippen LogP contribution in [0.2, 0.25) is 0 Å². The number of fused-ring (bicyclic) bond motifs is 1. The van der Waals surface area contributed by atoms with E-state index in [9.17, 15) is 0 Å². The fraction of sp³-hybridized carbons (Fsp3) is 0.467. The van der Waals surface area contributed by atoms with E-state index in [0.717, 1.165) is 5.75 Å². The van der Waals surface area contributed by atoms with Gasteiger partial charge in [-0.1, -0.05) is 24.1 Å². The molecule has 17 heavy (non-hydrogen) atoms. The van der Waals surface area contributed by atoms with Crippen LogP contribution < -0.4 is 0 Å². The van der Waals surface area contributed by atoms with Crippen molar-refractivity contribution in [2.75, 3.05) is 12.9 Å². The highest BCUT2D eigenvalue weighted by molar-refractivity contribution is 7.99. The first-order chi connectivity index (χ1) is 8.10. The van der Waals surface area contributed by atoms with Crippen molar-refractivity contribution in [2.24, 2.45) is 5.92 Å². The molecule has 0 radical (unpaired) electrons. The van der Waals surface area contributed by atoms with Gasteiger partial charge >= 0.3 is 0 Å². The van der Waals surface area contributed by atoms with Gasteiger partial charge in [-0.05, 0) is 25.5 Å². The van der Waals surface area contributed by atoms with E-state index in [1.807, 2.05) is 11.8 Å². The van der Waals surface area contributed by atoms with Crippen molar-refractivity contribution in [1.82, 2.24) is 0 Å². The van der Waals surface area contributed by atoms with Crippen LogP contribution in [0, 0.1) is 18.3 Å². The van der Waals surface area contributed by atoms with Gasteiger partial charge in [0.1, 0.15) is 0 Å². The Kier molecular flexibility index (Phi) is 3.51. The van der Waals surface area contributed by atoms with Crippen molar-refractivity contribution >= 4 is 11.8 Å². The van der Waals surface area contributed by atoms with Crippen LogP contribution >= 0.6 is 11.8 Å². The Bertz CT molecular complexity index is 444. The molecule has 2 heteroatoms. The summed E-state index contributed by atoms with van der Waals surface area (Å²) in [5.41, 5.74) is 1.10. The minimum Gasteiger partial charge on any atom is -0.378 e. The molecule has 1 aromatic rings. The van der Waals surface area contributed by atoms with E-state index in [1.54, 1.807) is 7.11 Å². The SMILES string of the molecule is C#CC1c2ccccc2SCC1C(C)(C)OC. The van der Waals surface area contributed by atoms with Gasteiger partial charge in [0, 0.05) is 23.7 Å². The lowest BCUT2D eigenvalue weighted by Crippen LogP contribution is -2.40. The van der Waals surface area contributed by atoms with E-state index in [4.69, 9.17) is 11.2 Å². The third kappa shape index (κ3) is 2.22. The Morgan fingerprint density at radius 1 is 1.41 bits per heavy atom. The monoisotopic (exact) mass is 246 g/mol. The molecule has 90 valence electrons. The molecule has 0 saturated carbocycles. The lowest BCUT2D eigenvalue weighted by Gasteiger charge is -2.40. The first-order valence-electron chi connectivity index (χ1n) is 5.83. The maximum Gasteiger partial charge on any atom is 0.0673 e. The molecular formula is C15H18OS. The average molecular weight is 246 g/mol. The van der Waals surface area contributed by atoms with Crippen LogP contribution in [0.25, 0.3) is 0 Å². The summed E-state index contributed by atoms with van der Waals surface area (Å²) in [5.74, 6) is 4.49. The maximum absolute atomic E-state index is 5.75. The molecule has 1 aliphatic rings. The van der Waals surface area contributed by atoms with Gasteiger partial charge in [0.15, 0.2) is 0 Å². The predicted molar refractivity (Wildman–Crippen MR) is 73.3 cm³/mol. The maximum atomic E-state index is 5.75. The molecule has 1 heterocycles. The summed E-state index contributed by atoms with van der Waals surface area (Å²) in [7, 11) is 1.76. The van der Waals surface area contributed by atoms with E-state index in [2.05, 4.69) is 44.0 Å². The topological polar surface area (TPSA) is 9.23 Å². The van der Waals surface area contributed by atoms with E-state index >= 15 is 0 Å². The number of hydrogen-bond donors (Lipinski definition) is 0. The number of benzene rings is 1. The number of thioether (sulfide) groups is 1. The number of rotatable bonds is 2. The third-order valence-electron chi connectivity index (χ3n) is 3.67. The number of terminal acetylenes is 1. The molecule has 0 amide bonds. The van der Waals surface area contributed by atoms with Gasteiger partial charge < -0.3 is 4.74 Å². The molecular weight excluding hydrogens is 228 g/mol. The van der Waals surface area contributed by atoms with E-state index < -0.39 is 0 Å². The van der Waals surface area contributed by atoms with Crippen LogP contribution in [0.3, 0.4) is 0 Å². The molecule has 2 atom stereocenters. The molecule has 1 nitrogen and oxygen atoms in total. The fourth-order valence-corrected chi connectivity index (χ4v) is 3.81. The quantitative estimate of drug-likeness (QED) is 0.738. The van der Waals surface area contributed by atoms with Gasteiger partial charge in [0.2, 0.25) is 0 Å². The summed E-state index contributed by atoms with van der Waals surface area (Å²) in [6.07, 6.45) is 5.75. The standard InChI is InChI=1S/C15H18OS/c1-5-11-12-8-6-7-9-14(12)17-10-13(11)15(2,3)16-4/h1,6-9,11,13H,10H2,2-4H3. The smallest absolute Gasteiger partial charge is 0.0673 e. The third-order valence-corrected chi connectivity index (χ3v) is 4.88. The molecule has 0 aliphatic carbocycles. The summed E-state index contributed by atoms with van der Waals surface area (Å²) in [6, 6.07) is 8.43. The average Bonchev–Trinajstić information content (AvgIpc) is 2.37. The van der Waals surface area contributed by atoms with Crippen molar-refractivity contribution < 1.29 is 4.74 Å². The van der Waals surface area contributed by atoms with E-state index in [1.165, 1.54) is 10.5 Å². The van der Waals surface area contributed by atoms with Gasteiger partial charge in [-0.25, -0.2) is 0 Å². The Hall–Kier alpha value is -0.910. The number of methoxy groups -OCH3 is 1. The predicted octanol–water partition coefficient (Wildman–Crippen LogP) is 3.55. The van der Waals surface area contributed by atoms with Crippen LogP contribution in [0.5, 0.6) is 0 Å². The van der Waals surface area contributed by atoms with Gasteiger partial charge in [0.05, 0.1) is 11.5 Å². The highest BCUT2D eigenvalue weighted by Gasteiger charge is 2.39. The number of ether oxygens (including phenoxy) is 1. The molecule has 0 spiro atoms. The van der Waals surface area contributed by atoms with E-state index in [-0.39, 0.29) is 11.5 Å². The van der Waals surface area contributed by atoms with Crippen molar-refractivity contribution in [1.29, 1.82) is 0 Å². The Morgan fingerprint density at radius 2 is 2.12 bits per heavy atom. The van der Waals surface area contributed by atoms with Crippen molar-refractivity contribution in [2.45, 2.75) is 30.3 Å². The minimum atomic E-state index is -0.183. The second-order valence-corrected chi connectivity index (χ2v) is 5.97. The molecule has 1 aliphatic heterocycles. The minimum absolute atomic E-state index is 0.155. The highest BCUT2D eigenvalue weighted by atomic mass is 32.2. The summed E-state index contributed by atoms with van der Waals surface area (Å²) in [6.45, 7) is 4.24. The van der Waals surface area contributed by atoms with Gasteiger partial charge in [-0.15, -0.1) is 18.2 Å². The Balaban J connectivity index is 2.40. The molecule has 0 bridgehead atoms. The van der Waals surface area contributed by atoms with Gasteiger partial charge in [-0.3, -0.25) is 0 Å². The first kappa shape index (κ1) is 12.5. The van der Waals surface area contributed by atoms with E-state index in [0.29, 0.717) is 5.92 Å². The molecule has 0 saturated heterocycles. The normalized spacial score (nSPS) is 23.9. The number of hydrogen-bond acceptors (Lipinski definition) is 2.